The Balaban J connectivity index is 2.21. The molecule has 0 spiro atoms. The molecule has 112 valence electrons. The Morgan fingerprint density at radius 1 is 1.55 bits per heavy atom. The van der Waals surface area contributed by atoms with Crippen LogP contribution in [0.2, 0.25) is 0 Å². The molecule has 5 atom stereocenters. The van der Waals surface area contributed by atoms with Gasteiger partial charge in [-0.1, -0.05) is 5.11 Å². The van der Waals surface area contributed by atoms with Crippen molar-refractivity contribution in [3.63, 3.8) is 0 Å². The van der Waals surface area contributed by atoms with Gasteiger partial charge in [-0.3, -0.25) is 4.79 Å². The largest absolute Gasteiger partial charge is 0.457 e. The number of carbonyl (C=O) groups excluding carboxylic acids is 1. The summed E-state index contributed by atoms with van der Waals surface area (Å²) < 4.78 is 22.0. The zero-order valence-corrected chi connectivity index (χ0v) is 11.4. The lowest BCUT2D eigenvalue weighted by Crippen LogP contribution is -2.44. The van der Waals surface area contributed by atoms with Gasteiger partial charge in [0.2, 0.25) is 0 Å². The number of hydrogen-bond acceptors (Lipinski definition) is 7. The predicted molar refractivity (Wildman–Crippen MR) is 64.3 cm³/mol. The Kier molecular flexibility index (Phi) is 4.17. The number of aliphatic hydroxyl groups is 1. The molecule has 20 heavy (non-hydrogen) atoms. The molecule has 2 rings (SSSR count). The summed E-state index contributed by atoms with van der Waals surface area (Å²) in [5.74, 6) is -1.37. The first kappa shape index (κ1) is 15.0. The van der Waals surface area contributed by atoms with E-state index in [9.17, 15) is 9.90 Å². The van der Waals surface area contributed by atoms with Gasteiger partial charge in [0, 0.05) is 11.8 Å². The van der Waals surface area contributed by atoms with Crippen LogP contribution in [0.15, 0.2) is 5.11 Å². The van der Waals surface area contributed by atoms with Crippen LogP contribution in [0, 0.1) is 0 Å². The maximum absolute atomic E-state index is 11.2. The molecule has 0 aliphatic carbocycles. The van der Waals surface area contributed by atoms with Crippen LogP contribution in [0.25, 0.3) is 10.4 Å². The second kappa shape index (κ2) is 5.55. The van der Waals surface area contributed by atoms with Crippen molar-refractivity contribution in [1.29, 1.82) is 0 Å². The zero-order valence-electron chi connectivity index (χ0n) is 11.4. The van der Waals surface area contributed by atoms with E-state index in [4.69, 9.17) is 24.5 Å². The Hall–Kier alpha value is -1.38. The van der Waals surface area contributed by atoms with Gasteiger partial charge in [-0.15, -0.1) is 0 Å². The molecular weight excluding hydrogens is 270 g/mol. The number of fused-ring (bicyclic) bond motifs is 1. The summed E-state index contributed by atoms with van der Waals surface area (Å²) in [7, 11) is 0. The van der Waals surface area contributed by atoms with Crippen LogP contribution >= 0.6 is 0 Å². The van der Waals surface area contributed by atoms with Crippen LogP contribution in [0.5, 0.6) is 0 Å². The molecule has 1 N–H and O–H groups in total. The van der Waals surface area contributed by atoms with Gasteiger partial charge in [-0.05, 0) is 19.4 Å². The van der Waals surface area contributed by atoms with Gasteiger partial charge in [-0.2, -0.15) is 0 Å². The SMILES string of the molecule is CC(=O)O[C@H]1[C@H]2OC(C)(C)O[C@H]2O[C@@H]1[C@H](CO)N=[N+]=[N-]. The van der Waals surface area contributed by atoms with E-state index in [1.54, 1.807) is 13.8 Å². The molecule has 2 aliphatic rings. The third-order valence-corrected chi connectivity index (χ3v) is 3.10. The molecule has 0 aromatic rings. The first-order valence-electron chi connectivity index (χ1n) is 6.21. The Morgan fingerprint density at radius 3 is 2.80 bits per heavy atom. The molecule has 0 bridgehead atoms. The summed E-state index contributed by atoms with van der Waals surface area (Å²) in [4.78, 5) is 13.9. The molecule has 2 aliphatic heterocycles. The van der Waals surface area contributed by atoms with E-state index in [0.717, 1.165) is 0 Å². The standard InChI is InChI=1S/C11H17N3O6/c1-5(16)17-8-7(6(4-15)13-14-12)18-10-9(8)19-11(2,3)20-10/h6-10,15H,4H2,1-3H3/t6-,7+,8+,9+,10+/m0/s1. The lowest BCUT2D eigenvalue weighted by Gasteiger charge is -2.27. The van der Waals surface area contributed by atoms with Crippen molar-refractivity contribution in [3.05, 3.63) is 10.4 Å². The number of aliphatic hydroxyl groups excluding tert-OH is 1. The molecular formula is C11H17N3O6. The molecule has 9 heteroatoms. The molecule has 0 aromatic carbocycles. The zero-order chi connectivity index (χ0) is 14.9. The Bertz CT molecular complexity index is 436. The predicted octanol–water partition coefficient (Wildman–Crippen LogP) is 0.466. The topological polar surface area (TPSA) is 123 Å². The summed E-state index contributed by atoms with van der Waals surface area (Å²) in [6.45, 7) is 4.25. The van der Waals surface area contributed by atoms with Crippen molar-refractivity contribution in [2.45, 2.75) is 57.2 Å². The molecule has 0 unspecified atom stereocenters. The molecule has 0 radical (unpaired) electrons. The number of hydrogen-bond donors (Lipinski definition) is 1. The van der Waals surface area contributed by atoms with Crippen molar-refractivity contribution >= 4 is 5.97 Å². The van der Waals surface area contributed by atoms with E-state index in [1.165, 1.54) is 6.92 Å². The van der Waals surface area contributed by atoms with Crippen LogP contribution in [0.1, 0.15) is 20.8 Å². The Morgan fingerprint density at radius 2 is 2.25 bits per heavy atom. The van der Waals surface area contributed by atoms with Gasteiger partial charge in [0.25, 0.3) is 0 Å². The molecule has 0 saturated carbocycles. The third-order valence-electron chi connectivity index (χ3n) is 3.10. The highest BCUT2D eigenvalue weighted by atomic mass is 16.8. The van der Waals surface area contributed by atoms with Crippen molar-refractivity contribution in [2.24, 2.45) is 5.11 Å². The minimum atomic E-state index is -0.884. The van der Waals surface area contributed by atoms with Crippen molar-refractivity contribution in [2.75, 3.05) is 6.61 Å². The minimum absolute atomic E-state index is 0.435. The number of rotatable bonds is 4. The summed E-state index contributed by atoms with van der Waals surface area (Å²) in [5, 5.41) is 12.7. The Labute approximate surface area is 115 Å². The van der Waals surface area contributed by atoms with Gasteiger partial charge in [0.1, 0.15) is 6.10 Å². The first-order valence-corrected chi connectivity index (χ1v) is 6.21. The highest BCUT2D eigenvalue weighted by Gasteiger charge is 2.57. The van der Waals surface area contributed by atoms with Crippen molar-refractivity contribution in [1.82, 2.24) is 0 Å². The summed E-state index contributed by atoms with van der Waals surface area (Å²) in [6, 6.07) is -0.884. The number of nitrogens with zero attached hydrogens (tertiary/aromatic N) is 3. The van der Waals surface area contributed by atoms with Crippen LogP contribution in [0.4, 0.5) is 0 Å². The fourth-order valence-corrected chi connectivity index (χ4v) is 2.41. The van der Waals surface area contributed by atoms with Crippen LogP contribution in [-0.4, -0.2) is 54.1 Å². The average molecular weight is 287 g/mol. The van der Waals surface area contributed by atoms with Gasteiger partial charge in [0.05, 0.1) is 12.6 Å². The van der Waals surface area contributed by atoms with Crippen molar-refractivity contribution < 1.29 is 28.8 Å². The van der Waals surface area contributed by atoms with E-state index in [1.807, 2.05) is 0 Å². The van der Waals surface area contributed by atoms with Crippen LogP contribution < -0.4 is 0 Å². The van der Waals surface area contributed by atoms with Crippen LogP contribution in [0.3, 0.4) is 0 Å². The number of carbonyl (C=O) groups is 1. The first-order chi connectivity index (χ1) is 9.38. The number of ether oxygens (including phenoxy) is 4. The summed E-state index contributed by atoms with van der Waals surface area (Å²) in [5.41, 5.74) is 8.50. The molecule has 0 aromatic heterocycles. The number of azide groups is 1. The molecule has 2 saturated heterocycles. The quantitative estimate of drug-likeness (QED) is 0.347. The summed E-state index contributed by atoms with van der Waals surface area (Å²) in [6.07, 6.45) is -2.98. The number of esters is 1. The van der Waals surface area contributed by atoms with Gasteiger partial charge >= 0.3 is 5.97 Å². The van der Waals surface area contributed by atoms with E-state index < -0.39 is 49.0 Å². The van der Waals surface area contributed by atoms with E-state index in [-0.39, 0.29) is 0 Å². The maximum Gasteiger partial charge on any atom is 0.303 e. The molecule has 2 heterocycles. The second-order valence-electron chi connectivity index (χ2n) is 5.10. The fourth-order valence-electron chi connectivity index (χ4n) is 2.41. The lowest BCUT2D eigenvalue weighted by molar-refractivity contribution is -0.221. The molecule has 9 nitrogen and oxygen atoms in total. The van der Waals surface area contributed by atoms with E-state index in [2.05, 4.69) is 10.0 Å². The normalized spacial score (nSPS) is 36.0. The summed E-state index contributed by atoms with van der Waals surface area (Å²) >= 11 is 0. The monoisotopic (exact) mass is 287 g/mol. The molecule has 0 amide bonds. The minimum Gasteiger partial charge on any atom is -0.457 e. The van der Waals surface area contributed by atoms with Crippen molar-refractivity contribution in [3.8, 4) is 0 Å². The van der Waals surface area contributed by atoms with Crippen LogP contribution in [-0.2, 0) is 23.7 Å². The van der Waals surface area contributed by atoms with E-state index >= 15 is 0 Å². The highest BCUT2D eigenvalue weighted by molar-refractivity contribution is 5.66. The smallest absolute Gasteiger partial charge is 0.303 e. The lowest BCUT2D eigenvalue weighted by atomic mass is 10.0. The van der Waals surface area contributed by atoms with Gasteiger partial charge in [-0.25, -0.2) is 0 Å². The fraction of sp³-hybridized carbons (Fsp3) is 0.909. The maximum atomic E-state index is 11.2. The average Bonchev–Trinajstić information content (AvgIpc) is 2.80. The van der Waals surface area contributed by atoms with Gasteiger partial charge in [0.15, 0.2) is 24.3 Å². The third kappa shape index (κ3) is 2.87. The second-order valence-corrected chi connectivity index (χ2v) is 5.10. The molecule has 2 fully saturated rings. The van der Waals surface area contributed by atoms with E-state index in [0.29, 0.717) is 0 Å². The highest BCUT2D eigenvalue weighted by Crippen LogP contribution is 2.40. The van der Waals surface area contributed by atoms with Gasteiger partial charge < -0.3 is 24.1 Å².